The number of rotatable bonds is 11. The van der Waals surface area contributed by atoms with Crippen molar-refractivity contribution in [3.63, 3.8) is 0 Å². The molecule has 0 aromatic heterocycles. The third kappa shape index (κ3) is 7.15. The van der Waals surface area contributed by atoms with E-state index in [0.717, 1.165) is 18.8 Å². The molecule has 0 heterocycles. The van der Waals surface area contributed by atoms with E-state index in [1.807, 2.05) is 6.92 Å². The van der Waals surface area contributed by atoms with Crippen molar-refractivity contribution in [3.05, 3.63) is 12.2 Å². The summed E-state index contributed by atoms with van der Waals surface area (Å²) in [4.78, 5) is 0. The van der Waals surface area contributed by atoms with E-state index >= 15 is 0 Å². The van der Waals surface area contributed by atoms with Gasteiger partial charge in [0.15, 0.2) is 0 Å². The SMILES string of the molecule is C=C(CCC(CF)C(C)S)C(C)(CCC)CCC(C)C. The van der Waals surface area contributed by atoms with E-state index in [4.69, 9.17) is 0 Å². The molecule has 0 aliphatic heterocycles. The van der Waals surface area contributed by atoms with Crippen LogP contribution in [-0.2, 0) is 0 Å². The monoisotopic (exact) mass is 302 g/mol. The minimum Gasteiger partial charge on any atom is -0.251 e. The van der Waals surface area contributed by atoms with E-state index in [1.165, 1.54) is 31.3 Å². The van der Waals surface area contributed by atoms with Gasteiger partial charge in [0, 0.05) is 5.25 Å². The first-order chi connectivity index (χ1) is 9.26. The standard InChI is InChI=1S/C18H35FS/c1-7-11-18(6,12-10-14(2)3)15(4)8-9-17(13-19)16(5)20/h14,16-17,20H,4,7-13H2,1-3,5-6H3. The van der Waals surface area contributed by atoms with Crippen LogP contribution in [0, 0.1) is 17.3 Å². The smallest absolute Gasteiger partial charge is 0.0933 e. The minimum absolute atomic E-state index is 0.0612. The number of hydrogen-bond acceptors (Lipinski definition) is 1. The molecule has 3 unspecified atom stereocenters. The van der Waals surface area contributed by atoms with Gasteiger partial charge in [-0.1, -0.05) is 59.6 Å². The molecule has 0 radical (unpaired) electrons. The average Bonchev–Trinajstić information content (AvgIpc) is 2.36. The van der Waals surface area contributed by atoms with Crippen molar-refractivity contribution in [1.82, 2.24) is 0 Å². The lowest BCUT2D eigenvalue weighted by Gasteiger charge is -2.33. The highest BCUT2D eigenvalue weighted by atomic mass is 32.1. The van der Waals surface area contributed by atoms with Gasteiger partial charge in [-0.05, 0) is 42.9 Å². The lowest BCUT2D eigenvalue weighted by molar-refractivity contribution is 0.282. The quantitative estimate of drug-likeness (QED) is 0.328. The zero-order valence-corrected chi connectivity index (χ0v) is 15.1. The minimum atomic E-state index is -0.269. The highest BCUT2D eigenvalue weighted by Crippen LogP contribution is 2.40. The highest BCUT2D eigenvalue weighted by molar-refractivity contribution is 7.80. The zero-order chi connectivity index (χ0) is 15.8. The molecular formula is C18H35FS. The summed E-state index contributed by atoms with van der Waals surface area (Å²) in [6, 6.07) is 0. The van der Waals surface area contributed by atoms with Crippen molar-refractivity contribution in [3.8, 4) is 0 Å². The lowest BCUT2D eigenvalue weighted by Crippen LogP contribution is -2.22. The van der Waals surface area contributed by atoms with Crippen molar-refractivity contribution in [2.24, 2.45) is 17.3 Å². The fourth-order valence-corrected chi connectivity index (χ4v) is 2.98. The van der Waals surface area contributed by atoms with Gasteiger partial charge in [-0.15, -0.1) is 0 Å². The Kier molecular flexibility index (Phi) is 9.88. The van der Waals surface area contributed by atoms with Gasteiger partial charge in [0.05, 0.1) is 6.67 Å². The molecule has 0 saturated carbocycles. The first-order valence-electron chi connectivity index (χ1n) is 8.19. The Bertz CT molecular complexity index is 273. The molecule has 0 aromatic carbocycles. The topological polar surface area (TPSA) is 0 Å². The van der Waals surface area contributed by atoms with Crippen LogP contribution in [-0.4, -0.2) is 11.9 Å². The van der Waals surface area contributed by atoms with Crippen LogP contribution in [0.4, 0.5) is 4.39 Å². The summed E-state index contributed by atoms with van der Waals surface area (Å²) in [6.07, 6.45) is 6.63. The molecule has 0 N–H and O–H groups in total. The molecule has 0 aliphatic rings. The Balaban J connectivity index is 4.55. The van der Waals surface area contributed by atoms with Gasteiger partial charge >= 0.3 is 0 Å². The Morgan fingerprint density at radius 2 is 1.80 bits per heavy atom. The Morgan fingerprint density at radius 1 is 1.20 bits per heavy atom. The maximum atomic E-state index is 13.0. The zero-order valence-electron chi connectivity index (χ0n) is 14.2. The summed E-state index contributed by atoms with van der Waals surface area (Å²) in [6.45, 7) is 15.2. The van der Waals surface area contributed by atoms with Crippen molar-refractivity contribution in [1.29, 1.82) is 0 Å². The van der Waals surface area contributed by atoms with Gasteiger partial charge in [0.2, 0.25) is 0 Å². The molecule has 0 fully saturated rings. The van der Waals surface area contributed by atoms with Gasteiger partial charge in [-0.2, -0.15) is 12.6 Å². The third-order valence-electron chi connectivity index (χ3n) is 4.63. The van der Waals surface area contributed by atoms with Crippen LogP contribution >= 0.6 is 12.6 Å². The predicted octanol–water partition coefficient (Wildman–Crippen LogP) is 6.47. The number of hydrogen-bond donors (Lipinski definition) is 1. The molecule has 0 aromatic rings. The number of halogens is 1. The predicted molar refractivity (Wildman–Crippen MR) is 93.4 cm³/mol. The van der Waals surface area contributed by atoms with Crippen molar-refractivity contribution in [2.75, 3.05) is 6.67 Å². The second kappa shape index (κ2) is 9.87. The van der Waals surface area contributed by atoms with Crippen molar-refractivity contribution in [2.45, 2.75) is 78.4 Å². The maximum Gasteiger partial charge on any atom is 0.0933 e. The first-order valence-corrected chi connectivity index (χ1v) is 8.70. The maximum absolute atomic E-state index is 13.0. The van der Waals surface area contributed by atoms with Crippen LogP contribution < -0.4 is 0 Å². The van der Waals surface area contributed by atoms with Gasteiger partial charge < -0.3 is 0 Å². The van der Waals surface area contributed by atoms with Crippen LogP contribution in [0.3, 0.4) is 0 Å². The highest BCUT2D eigenvalue weighted by Gasteiger charge is 2.27. The van der Waals surface area contributed by atoms with E-state index in [-0.39, 0.29) is 23.3 Å². The van der Waals surface area contributed by atoms with Crippen molar-refractivity contribution >= 4 is 12.6 Å². The molecule has 2 heteroatoms. The molecule has 0 saturated heterocycles. The molecule has 0 bridgehead atoms. The largest absolute Gasteiger partial charge is 0.251 e. The Hall–Kier alpha value is 0.0200. The fourth-order valence-electron chi connectivity index (χ4n) is 2.75. The molecule has 0 amide bonds. The third-order valence-corrected chi connectivity index (χ3v) is 5.05. The first kappa shape index (κ1) is 20.0. The van der Waals surface area contributed by atoms with E-state index < -0.39 is 0 Å². The molecule has 20 heavy (non-hydrogen) atoms. The second-order valence-corrected chi connectivity index (χ2v) is 7.85. The molecular weight excluding hydrogens is 267 g/mol. The normalized spacial score (nSPS) is 17.8. The van der Waals surface area contributed by atoms with Crippen LogP contribution in [0.5, 0.6) is 0 Å². The number of allylic oxidation sites excluding steroid dienone is 1. The van der Waals surface area contributed by atoms with E-state index in [0.29, 0.717) is 0 Å². The summed E-state index contributed by atoms with van der Waals surface area (Å²) in [5.41, 5.74) is 1.53. The van der Waals surface area contributed by atoms with E-state index in [9.17, 15) is 4.39 Å². The molecule has 120 valence electrons. The van der Waals surface area contributed by atoms with Gasteiger partial charge in [0.25, 0.3) is 0 Å². The van der Waals surface area contributed by atoms with Crippen LogP contribution in [0.25, 0.3) is 0 Å². The summed E-state index contributed by atoms with van der Waals surface area (Å²) < 4.78 is 13.0. The van der Waals surface area contributed by atoms with Crippen LogP contribution in [0.15, 0.2) is 12.2 Å². The fraction of sp³-hybridized carbons (Fsp3) is 0.889. The average molecular weight is 303 g/mol. The number of alkyl halides is 1. The summed E-state index contributed by atoms with van der Waals surface area (Å²) in [7, 11) is 0. The van der Waals surface area contributed by atoms with Crippen molar-refractivity contribution < 1.29 is 4.39 Å². The Labute approximate surface area is 132 Å². The molecule has 3 atom stereocenters. The molecule has 0 rings (SSSR count). The number of thiol groups is 1. The summed E-state index contributed by atoms with van der Waals surface area (Å²) in [5.74, 6) is 0.793. The van der Waals surface area contributed by atoms with Gasteiger partial charge in [0.1, 0.15) is 0 Å². The summed E-state index contributed by atoms with van der Waals surface area (Å²) >= 11 is 4.39. The second-order valence-electron chi connectivity index (χ2n) is 7.04. The van der Waals surface area contributed by atoms with Gasteiger partial charge in [-0.3, -0.25) is 4.39 Å². The van der Waals surface area contributed by atoms with E-state index in [1.54, 1.807) is 0 Å². The van der Waals surface area contributed by atoms with Crippen LogP contribution in [0.2, 0.25) is 0 Å². The lowest BCUT2D eigenvalue weighted by atomic mass is 9.72. The molecule has 0 spiro atoms. The van der Waals surface area contributed by atoms with Gasteiger partial charge in [-0.25, -0.2) is 0 Å². The van der Waals surface area contributed by atoms with E-state index in [2.05, 4.69) is 46.9 Å². The Morgan fingerprint density at radius 3 is 2.20 bits per heavy atom. The molecule has 0 nitrogen and oxygen atoms in total. The summed E-state index contributed by atoms with van der Waals surface area (Å²) in [5, 5.41) is 0.126. The van der Waals surface area contributed by atoms with Crippen LogP contribution in [0.1, 0.15) is 73.1 Å². The molecule has 0 aliphatic carbocycles.